The monoisotopic (exact) mass is 378 g/mol. The van der Waals surface area contributed by atoms with Crippen molar-refractivity contribution in [1.82, 2.24) is 20.6 Å². The van der Waals surface area contributed by atoms with Crippen molar-refractivity contribution >= 4 is 33.6 Å². The minimum Gasteiger partial charge on any atom is -0.361 e. The number of hydrogen-bond donors (Lipinski definition) is 4. The molecule has 0 aliphatic carbocycles. The maximum absolute atomic E-state index is 13.4. The van der Waals surface area contributed by atoms with Crippen molar-refractivity contribution < 1.29 is 14.0 Å². The third kappa shape index (κ3) is 3.73. The first kappa shape index (κ1) is 17.8. The summed E-state index contributed by atoms with van der Waals surface area (Å²) in [6.45, 7) is 0.292. The lowest BCUT2D eigenvalue weighted by Gasteiger charge is -2.07. The molecule has 4 aromatic rings. The quantitative estimate of drug-likeness (QED) is 0.416. The Morgan fingerprint density at radius 1 is 0.964 bits per heavy atom. The van der Waals surface area contributed by atoms with Gasteiger partial charge in [-0.25, -0.2) is 4.39 Å². The average Bonchev–Trinajstić information content (AvgIpc) is 3.32. The molecule has 28 heavy (non-hydrogen) atoms. The third-order valence-corrected chi connectivity index (χ3v) is 4.67. The van der Waals surface area contributed by atoms with Crippen LogP contribution in [0.2, 0.25) is 0 Å². The summed E-state index contributed by atoms with van der Waals surface area (Å²) >= 11 is 0. The highest BCUT2D eigenvalue weighted by Gasteiger charge is 2.10. The summed E-state index contributed by atoms with van der Waals surface area (Å²) < 4.78 is 13.4. The summed E-state index contributed by atoms with van der Waals surface area (Å²) in [5.41, 5.74) is 3.24. The van der Waals surface area contributed by atoms with E-state index in [4.69, 9.17) is 0 Å². The second-order valence-electron chi connectivity index (χ2n) is 6.57. The van der Waals surface area contributed by atoms with Gasteiger partial charge in [0.15, 0.2) is 0 Å². The molecule has 2 aromatic heterocycles. The average molecular weight is 378 g/mol. The lowest BCUT2D eigenvalue weighted by molar-refractivity contribution is -0.120. The van der Waals surface area contributed by atoms with Crippen LogP contribution in [0.3, 0.4) is 0 Å². The first-order chi connectivity index (χ1) is 13.6. The number of halogens is 1. The molecule has 0 bridgehead atoms. The molecule has 0 aliphatic rings. The van der Waals surface area contributed by atoms with Crippen LogP contribution in [0.4, 0.5) is 4.39 Å². The van der Waals surface area contributed by atoms with E-state index in [9.17, 15) is 14.0 Å². The SMILES string of the molecule is O=C(CNC(=O)c1ccc2[nH]ccc2c1)NCCc1c[nH]c2ccc(F)cc12. The predicted octanol–water partition coefficient (Wildman–Crippen LogP) is 2.88. The van der Waals surface area contributed by atoms with Crippen LogP contribution in [0, 0.1) is 5.82 Å². The zero-order valence-corrected chi connectivity index (χ0v) is 15.0. The van der Waals surface area contributed by atoms with Gasteiger partial charge < -0.3 is 20.6 Å². The van der Waals surface area contributed by atoms with Gasteiger partial charge in [0.25, 0.3) is 5.91 Å². The van der Waals surface area contributed by atoms with Crippen LogP contribution in [-0.2, 0) is 11.2 Å². The van der Waals surface area contributed by atoms with Crippen molar-refractivity contribution in [3.63, 3.8) is 0 Å². The number of benzene rings is 2. The summed E-state index contributed by atoms with van der Waals surface area (Å²) in [5.74, 6) is -0.870. The highest BCUT2D eigenvalue weighted by molar-refractivity contribution is 5.99. The van der Waals surface area contributed by atoms with E-state index in [1.54, 1.807) is 18.2 Å². The van der Waals surface area contributed by atoms with Gasteiger partial charge in [0, 0.05) is 46.3 Å². The van der Waals surface area contributed by atoms with Crippen LogP contribution >= 0.6 is 0 Å². The molecule has 0 atom stereocenters. The number of hydrogen-bond acceptors (Lipinski definition) is 2. The number of carbonyl (C=O) groups is 2. The van der Waals surface area contributed by atoms with Crippen LogP contribution in [0.1, 0.15) is 15.9 Å². The van der Waals surface area contributed by atoms with Crippen molar-refractivity contribution in [2.75, 3.05) is 13.1 Å². The number of H-pyrrole nitrogens is 2. The Balaban J connectivity index is 1.27. The van der Waals surface area contributed by atoms with E-state index in [1.165, 1.54) is 12.1 Å². The van der Waals surface area contributed by atoms with Gasteiger partial charge in [0.1, 0.15) is 5.82 Å². The van der Waals surface area contributed by atoms with E-state index in [-0.39, 0.29) is 24.2 Å². The molecule has 0 fully saturated rings. The summed E-state index contributed by atoms with van der Waals surface area (Å²) in [6, 6.07) is 11.8. The summed E-state index contributed by atoms with van der Waals surface area (Å²) in [6.07, 6.45) is 4.18. The van der Waals surface area contributed by atoms with Crippen LogP contribution in [0.25, 0.3) is 21.8 Å². The van der Waals surface area contributed by atoms with Crippen LogP contribution in [-0.4, -0.2) is 34.9 Å². The molecular formula is C21H19FN4O2. The molecule has 0 spiro atoms. The van der Waals surface area contributed by atoms with Crippen molar-refractivity contribution in [2.45, 2.75) is 6.42 Å². The summed E-state index contributed by atoms with van der Waals surface area (Å²) in [5, 5.41) is 7.13. The minimum absolute atomic E-state index is 0.105. The number of amides is 2. The second-order valence-corrected chi connectivity index (χ2v) is 6.57. The molecule has 0 aliphatic heterocycles. The molecule has 2 amide bonds. The topological polar surface area (TPSA) is 89.8 Å². The number of nitrogens with one attached hydrogen (secondary N) is 4. The van der Waals surface area contributed by atoms with E-state index >= 15 is 0 Å². The van der Waals surface area contributed by atoms with Crippen LogP contribution < -0.4 is 10.6 Å². The molecule has 4 N–H and O–H groups in total. The van der Waals surface area contributed by atoms with Gasteiger partial charge >= 0.3 is 0 Å². The fraction of sp³-hybridized carbons (Fsp3) is 0.143. The van der Waals surface area contributed by atoms with Crippen molar-refractivity contribution in [2.24, 2.45) is 0 Å². The van der Waals surface area contributed by atoms with E-state index in [0.29, 0.717) is 18.5 Å². The maximum Gasteiger partial charge on any atom is 0.251 e. The van der Waals surface area contributed by atoms with Gasteiger partial charge in [-0.15, -0.1) is 0 Å². The molecule has 0 radical (unpaired) electrons. The Kier molecular flexibility index (Phi) is 4.80. The highest BCUT2D eigenvalue weighted by Crippen LogP contribution is 2.19. The Hall–Kier alpha value is -3.61. The molecule has 0 saturated heterocycles. The Morgan fingerprint density at radius 3 is 2.71 bits per heavy atom. The largest absolute Gasteiger partial charge is 0.361 e. The molecule has 2 heterocycles. The normalized spacial score (nSPS) is 11.0. The molecule has 6 nitrogen and oxygen atoms in total. The molecule has 7 heteroatoms. The highest BCUT2D eigenvalue weighted by atomic mass is 19.1. The van der Waals surface area contributed by atoms with Crippen molar-refractivity contribution in [3.8, 4) is 0 Å². The fourth-order valence-electron chi connectivity index (χ4n) is 3.21. The Bertz CT molecular complexity index is 1160. The number of rotatable bonds is 6. The molecule has 0 unspecified atom stereocenters. The van der Waals surface area contributed by atoms with E-state index in [0.717, 1.165) is 27.4 Å². The van der Waals surface area contributed by atoms with E-state index in [2.05, 4.69) is 20.6 Å². The Labute approximate surface area is 160 Å². The molecule has 4 rings (SSSR count). The van der Waals surface area contributed by atoms with Gasteiger partial charge in [0.05, 0.1) is 6.54 Å². The zero-order chi connectivity index (χ0) is 19.5. The van der Waals surface area contributed by atoms with Gasteiger partial charge in [0.2, 0.25) is 5.91 Å². The fourth-order valence-corrected chi connectivity index (χ4v) is 3.21. The first-order valence-electron chi connectivity index (χ1n) is 8.98. The lowest BCUT2D eigenvalue weighted by atomic mass is 10.1. The Morgan fingerprint density at radius 2 is 1.82 bits per heavy atom. The van der Waals surface area contributed by atoms with Gasteiger partial charge in [-0.1, -0.05) is 0 Å². The standard InChI is InChI=1S/C21H19FN4O2/c22-16-2-4-19-17(10-16)15(11-25-19)6-8-24-20(27)12-26-21(28)14-1-3-18-13(9-14)5-7-23-18/h1-5,7,9-11,23,25H,6,8,12H2,(H,24,27)(H,26,28). The third-order valence-electron chi connectivity index (χ3n) is 4.67. The predicted molar refractivity (Wildman–Crippen MR) is 106 cm³/mol. The summed E-state index contributed by atoms with van der Waals surface area (Å²) in [7, 11) is 0. The lowest BCUT2D eigenvalue weighted by Crippen LogP contribution is -2.37. The smallest absolute Gasteiger partial charge is 0.251 e. The van der Waals surface area contributed by atoms with Crippen LogP contribution in [0.15, 0.2) is 54.9 Å². The van der Waals surface area contributed by atoms with Crippen molar-refractivity contribution in [3.05, 3.63) is 71.8 Å². The molecular weight excluding hydrogens is 359 g/mol. The number of fused-ring (bicyclic) bond motifs is 2. The van der Waals surface area contributed by atoms with Crippen molar-refractivity contribution in [1.29, 1.82) is 0 Å². The number of aromatic amines is 2. The van der Waals surface area contributed by atoms with Gasteiger partial charge in [-0.2, -0.15) is 0 Å². The maximum atomic E-state index is 13.4. The second kappa shape index (κ2) is 7.56. The molecule has 2 aromatic carbocycles. The van der Waals surface area contributed by atoms with Crippen LogP contribution in [0.5, 0.6) is 0 Å². The van der Waals surface area contributed by atoms with E-state index in [1.807, 2.05) is 24.5 Å². The van der Waals surface area contributed by atoms with Gasteiger partial charge in [-0.05, 0) is 54.4 Å². The number of aromatic nitrogens is 2. The van der Waals surface area contributed by atoms with E-state index < -0.39 is 0 Å². The molecule has 0 saturated carbocycles. The number of carbonyl (C=O) groups excluding carboxylic acids is 2. The zero-order valence-electron chi connectivity index (χ0n) is 15.0. The molecule has 142 valence electrons. The minimum atomic E-state index is -0.301. The first-order valence-corrected chi connectivity index (χ1v) is 8.98. The van der Waals surface area contributed by atoms with Gasteiger partial charge in [-0.3, -0.25) is 9.59 Å². The summed E-state index contributed by atoms with van der Waals surface area (Å²) in [4.78, 5) is 30.4.